The smallest absolute Gasteiger partial charge is 0.347 e. The van der Waals surface area contributed by atoms with E-state index in [2.05, 4.69) is 4.98 Å². The van der Waals surface area contributed by atoms with Crippen molar-refractivity contribution in [3.8, 4) is 11.3 Å². The molecule has 3 aromatic rings. The molecule has 0 saturated carbocycles. The Labute approximate surface area is 170 Å². The Balaban J connectivity index is 2.17. The van der Waals surface area contributed by atoms with Crippen molar-refractivity contribution >= 4 is 26.7 Å². The summed E-state index contributed by atoms with van der Waals surface area (Å²) < 4.78 is 32.5. The average molecular weight is 416 g/mol. The van der Waals surface area contributed by atoms with Gasteiger partial charge in [-0.25, -0.2) is 13.2 Å². The quantitative estimate of drug-likeness (QED) is 0.657. The van der Waals surface area contributed by atoms with E-state index in [1.807, 2.05) is 41.9 Å². The normalized spacial score (nSPS) is 14.6. The summed E-state index contributed by atoms with van der Waals surface area (Å²) in [7, 11) is -2.16. The van der Waals surface area contributed by atoms with E-state index in [0.717, 1.165) is 22.9 Å². The molecule has 1 unspecified atom stereocenters. The van der Waals surface area contributed by atoms with Gasteiger partial charge < -0.3 is 9.30 Å². The fourth-order valence-electron chi connectivity index (χ4n) is 3.19. The molecule has 154 valence electrons. The van der Waals surface area contributed by atoms with Crippen LogP contribution in [-0.4, -0.2) is 35.8 Å². The molecular formula is C21H25N3O4S. The number of benzene rings is 1. The Morgan fingerprint density at radius 3 is 2.38 bits per heavy atom. The van der Waals surface area contributed by atoms with Crippen molar-refractivity contribution < 1.29 is 17.9 Å². The Morgan fingerprint density at radius 2 is 1.79 bits per heavy atom. The van der Waals surface area contributed by atoms with Gasteiger partial charge in [-0.1, -0.05) is 18.2 Å². The van der Waals surface area contributed by atoms with E-state index in [0.29, 0.717) is 5.56 Å². The SMILES string of the molecule is Cn1c(-c2cncc(C(N)(C(=O)OC(C)(C)C)S(C)(=O)=O)c2)cc2ccccc21. The minimum atomic E-state index is -4.07. The summed E-state index contributed by atoms with van der Waals surface area (Å²) in [5, 5.41) is 1.03. The standard InChI is InChI=1S/C21H25N3O4S/c1-20(2,3)28-19(25)21(22,29(5,26)27)16-10-15(12-23-13-16)18-11-14-8-6-7-9-17(14)24(18)4/h6-13H,22H2,1-5H3. The van der Waals surface area contributed by atoms with Crippen LogP contribution >= 0.6 is 0 Å². The molecule has 0 spiro atoms. The molecular weight excluding hydrogens is 390 g/mol. The maximum absolute atomic E-state index is 12.8. The number of esters is 1. The number of rotatable bonds is 4. The number of aryl methyl sites for hydroxylation is 1. The molecule has 0 aliphatic carbocycles. The maximum atomic E-state index is 12.8. The largest absolute Gasteiger partial charge is 0.458 e. The summed E-state index contributed by atoms with van der Waals surface area (Å²) in [6.45, 7) is 4.95. The molecule has 0 amide bonds. The van der Waals surface area contributed by atoms with Crippen molar-refractivity contribution in [1.29, 1.82) is 0 Å². The molecule has 7 nitrogen and oxygen atoms in total. The second-order valence-electron chi connectivity index (χ2n) is 8.12. The molecule has 8 heteroatoms. The molecule has 0 bridgehead atoms. The van der Waals surface area contributed by atoms with E-state index < -0.39 is 26.3 Å². The van der Waals surface area contributed by atoms with E-state index >= 15 is 0 Å². The molecule has 29 heavy (non-hydrogen) atoms. The first-order valence-electron chi connectivity index (χ1n) is 9.07. The number of carbonyl (C=O) groups excluding carboxylic acids is 1. The number of para-hydroxylation sites is 1. The highest BCUT2D eigenvalue weighted by molar-refractivity contribution is 7.92. The maximum Gasteiger partial charge on any atom is 0.347 e. The van der Waals surface area contributed by atoms with Gasteiger partial charge >= 0.3 is 5.97 Å². The van der Waals surface area contributed by atoms with Crippen LogP contribution in [0.15, 0.2) is 48.8 Å². The Morgan fingerprint density at radius 1 is 1.14 bits per heavy atom. The second kappa shape index (κ2) is 6.96. The Bertz CT molecular complexity index is 1190. The highest BCUT2D eigenvalue weighted by Crippen LogP contribution is 2.32. The number of ether oxygens (including phenoxy) is 1. The van der Waals surface area contributed by atoms with Crippen molar-refractivity contribution in [2.45, 2.75) is 31.2 Å². The number of fused-ring (bicyclic) bond motifs is 1. The van der Waals surface area contributed by atoms with Gasteiger partial charge in [0.15, 0.2) is 9.84 Å². The third kappa shape index (κ3) is 3.77. The molecule has 0 aliphatic heterocycles. The van der Waals surface area contributed by atoms with Gasteiger partial charge in [-0.3, -0.25) is 10.7 Å². The van der Waals surface area contributed by atoms with Crippen LogP contribution in [0.1, 0.15) is 26.3 Å². The van der Waals surface area contributed by atoms with Crippen molar-refractivity contribution in [2.75, 3.05) is 6.26 Å². The highest BCUT2D eigenvalue weighted by Gasteiger charge is 2.49. The van der Waals surface area contributed by atoms with Gasteiger partial charge in [0.1, 0.15) is 5.60 Å². The molecule has 0 fully saturated rings. The Hall–Kier alpha value is -2.71. The van der Waals surface area contributed by atoms with E-state index in [1.54, 1.807) is 33.0 Å². The monoisotopic (exact) mass is 415 g/mol. The van der Waals surface area contributed by atoms with Crippen LogP contribution in [-0.2, 0) is 31.3 Å². The van der Waals surface area contributed by atoms with Crippen molar-refractivity contribution in [1.82, 2.24) is 9.55 Å². The lowest BCUT2D eigenvalue weighted by Gasteiger charge is -2.30. The zero-order chi connectivity index (χ0) is 21.6. The third-order valence-electron chi connectivity index (χ3n) is 4.70. The average Bonchev–Trinajstić information content (AvgIpc) is 2.96. The van der Waals surface area contributed by atoms with Crippen molar-refractivity contribution in [3.63, 3.8) is 0 Å². The lowest BCUT2D eigenvalue weighted by atomic mass is 10.1. The molecule has 0 aliphatic rings. The molecule has 1 aromatic carbocycles. The van der Waals surface area contributed by atoms with E-state index in [-0.39, 0.29) is 5.56 Å². The first kappa shape index (κ1) is 21.0. The zero-order valence-corrected chi connectivity index (χ0v) is 17.9. The fourth-order valence-corrected chi connectivity index (χ4v) is 4.07. The summed E-state index contributed by atoms with van der Waals surface area (Å²) >= 11 is 0. The van der Waals surface area contributed by atoms with Gasteiger partial charge in [-0.05, 0) is 39.0 Å². The van der Waals surface area contributed by atoms with Crippen LogP contribution in [0, 0.1) is 0 Å². The van der Waals surface area contributed by atoms with Crippen LogP contribution in [0.3, 0.4) is 0 Å². The van der Waals surface area contributed by atoms with E-state index in [4.69, 9.17) is 10.5 Å². The molecule has 1 atom stereocenters. The predicted molar refractivity (Wildman–Crippen MR) is 113 cm³/mol. The molecule has 0 radical (unpaired) electrons. The van der Waals surface area contributed by atoms with Crippen LogP contribution < -0.4 is 5.73 Å². The second-order valence-corrected chi connectivity index (χ2v) is 10.3. The van der Waals surface area contributed by atoms with Crippen LogP contribution in [0.2, 0.25) is 0 Å². The summed E-state index contributed by atoms with van der Waals surface area (Å²) in [6, 6.07) is 11.4. The summed E-state index contributed by atoms with van der Waals surface area (Å²) in [4.78, 5) is 14.6. The summed E-state index contributed by atoms with van der Waals surface area (Å²) in [5.74, 6) is -1.04. The minimum absolute atomic E-state index is 0.0528. The van der Waals surface area contributed by atoms with Gasteiger partial charge in [0, 0.05) is 47.7 Å². The number of hydrogen-bond donors (Lipinski definition) is 1. The number of nitrogens with zero attached hydrogens (tertiary/aromatic N) is 2. The number of hydrogen-bond acceptors (Lipinski definition) is 6. The van der Waals surface area contributed by atoms with Gasteiger partial charge in [-0.15, -0.1) is 0 Å². The van der Waals surface area contributed by atoms with Crippen molar-refractivity contribution in [2.24, 2.45) is 12.8 Å². The minimum Gasteiger partial charge on any atom is -0.458 e. The lowest BCUT2D eigenvalue weighted by Crippen LogP contribution is -2.53. The molecule has 2 N–H and O–H groups in total. The van der Waals surface area contributed by atoms with Gasteiger partial charge in [0.25, 0.3) is 0 Å². The summed E-state index contributed by atoms with van der Waals surface area (Å²) in [6.07, 6.45) is 3.81. The van der Waals surface area contributed by atoms with E-state index in [9.17, 15) is 13.2 Å². The first-order chi connectivity index (χ1) is 13.3. The lowest BCUT2D eigenvalue weighted by molar-refractivity contribution is -0.158. The number of sulfone groups is 1. The molecule has 3 rings (SSSR count). The van der Waals surface area contributed by atoms with Gasteiger partial charge in [0.2, 0.25) is 4.87 Å². The Kier molecular flexibility index (Phi) is 5.04. The molecule has 2 heterocycles. The van der Waals surface area contributed by atoms with Crippen LogP contribution in [0.4, 0.5) is 0 Å². The first-order valence-corrected chi connectivity index (χ1v) is 11.0. The van der Waals surface area contributed by atoms with Crippen LogP contribution in [0.25, 0.3) is 22.2 Å². The molecule has 0 saturated heterocycles. The summed E-state index contributed by atoms with van der Waals surface area (Å²) in [5.41, 5.74) is 7.83. The highest BCUT2D eigenvalue weighted by atomic mass is 32.2. The number of carbonyl (C=O) groups is 1. The van der Waals surface area contributed by atoms with Gasteiger partial charge in [-0.2, -0.15) is 0 Å². The number of aromatic nitrogens is 2. The van der Waals surface area contributed by atoms with Crippen molar-refractivity contribution in [3.05, 3.63) is 54.4 Å². The van der Waals surface area contributed by atoms with E-state index in [1.165, 1.54) is 6.20 Å². The topological polar surface area (TPSA) is 104 Å². The number of pyridine rings is 1. The number of nitrogens with two attached hydrogens (primary N) is 1. The zero-order valence-electron chi connectivity index (χ0n) is 17.1. The van der Waals surface area contributed by atoms with Gasteiger partial charge in [0.05, 0.1) is 5.69 Å². The third-order valence-corrected chi connectivity index (χ3v) is 6.27. The molecule has 2 aromatic heterocycles. The predicted octanol–water partition coefficient (Wildman–Crippen LogP) is 2.74. The fraction of sp³-hybridized carbons (Fsp3) is 0.333. The van der Waals surface area contributed by atoms with Crippen LogP contribution in [0.5, 0.6) is 0 Å².